The van der Waals surface area contributed by atoms with Crippen LogP contribution in [0.5, 0.6) is 17.4 Å². The smallest absolute Gasteiger partial charge is 0.265 e. The van der Waals surface area contributed by atoms with Gasteiger partial charge in [-0.25, -0.2) is 4.68 Å². The number of amides is 1. The summed E-state index contributed by atoms with van der Waals surface area (Å²) in [6, 6.07) is 17.2. The molecular weight excluding hydrogens is 420 g/mol. The minimum atomic E-state index is -0.775. The Morgan fingerprint density at radius 1 is 1.15 bits per heavy atom. The fourth-order valence-corrected chi connectivity index (χ4v) is 3.91. The van der Waals surface area contributed by atoms with Gasteiger partial charge < -0.3 is 19.5 Å². The summed E-state index contributed by atoms with van der Waals surface area (Å²) in [4.78, 5) is 17.5. The highest BCUT2D eigenvalue weighted by molar-refractivity contribution is 5.96. The number of carbonyl (C=O) groups excluding carboxylic acids is 1. The second-order valence-corrected chi connectivity index (χ2v) is 7.79. The Hall–Kier alpha value is -4.07. The van der Waals surface area contributed by atoms with Gasteiger partial charge in [-0.2, -0.15) is 10.1 Å². The minimum Gasteiger partial charge on any atom is -0.464 e. The van der Waals surface area contributed by atoms with E-state index in [1.807, 2.05) is 54.9 Å². The summed E-state index contributed by atoms with van der Waals surface area (Å²) in [7, 11) is 0. The summed E-state index contributed by atoms with van der Waals surface area (Å²) in [6.45, 7) is 6.54. The van der Waals surface area contributed by atoms with Gasteiger partial charge in [-0.15, -0.1) is 0 Å². The van der Waals surface area contributed by atoms with E-state index in [9.17, 15) is 4.79 Å². The molecule has 2 aromatic carbocycles. The highest BCUT2D eigenvalue weighted by atomic mass is 16.7. The molecule has 5 rings (SSSR count). The van der Waals surface area contributed by atoms with E-state index in [0.717, 1.165) is 27.9 Å². The lowest BCUT2D eigenvalue weighted by Gasteiger charge is -2.16. The zero-order chi connectivity index (χ0) is 22.9. The molecule has 0 spiro atoms. The molecule has 0 saturated heterocycles. The largest absolute Gasteiger partial charge is 0.464 e. The van der Waals surface area contributed by atoms with Gasteiger partial charge in [-0.05, 0) is 44.0 Å². The Bertz CT molecular complexity index is 1330. The quantitative estimate of drug-likeness (QED) is 0.469. The number of hydrogen-bond acceptors (Lipinski definition) is 6. The van der Waals surface area contributed by atoms with Gasteiger partial charge in [0.15, 0.2) is 23.3 Å². The van der Waals surface area contributed by atoms with Crippen LogP contribution in [0.2, 0.25) is 0 Å². The summed E-state index contributed by atoms with van der Waals surface area (Å²) >= 11 is 0. The number of benzene rings is 2. The molecule has 1 aliphatic heterocycles. The van der Waals surface area contributed by atoms with Crippen molar-refractivity contribution in [3.05, 3.63) is 60.3 Å². The van der Waals surface area contributed by atoms with E-state index >= 15 is 0 Å². The maximum atomic E-state index is 12.8. The van der Waals surface area contributed by atoms with E-state index in [4.69, 9.17) is 19.2 Å². The van der Waals surface area contributed by atoms with Crippen LogP contribution in [0.3, 0.4) is 0 Å². The van der Waals surface area contributed by atoms with Crippen molar-refractivity contribution in [2.45, 2.75) is 33.4 Å². The van der Waals surface area contributed by atoms with Gasteiger partial charge in [-0.3, -0.25) is 4.79 Å². The maximum absolute atomic E-state index is 12.8. The SMILES string of the molecule is CCn1nc(C)c2c(-c3ccccc3)cc(OC(C)C(=O)Nc3ccc4c(c3)OCO4)nc21. The number of carbonyl (C=O) groups is 1. The van der Waals surface area contributed by atoms with Gasteiger partial charge in [0.05, 0.1) is 11.1 Å². The van der Waals surface area contributed by atoms with Crippen LogP contribution >= 0.6 is 0 Å². The summed E-state index contributed by atoms with van der Waals surface area (Å²) in [5, 5.41) is 8.47. The summed E-state index contributed by atoms with van der Waals surface area (Å²) in [6.07, 6.45) is -0.775. The number of ether oxygens (including phenoxy) is 3. The first-order chi connectivity index (χ1) is 16.0. The number of fused-ring (bicyclic) bond motifs is 2. The molecule has 0 bridgehead atoms. The molecule has 8 nitrogen and oxygen atoms in total. The molecule has 3 heterocycles. The van der Waals surface area contributed by atoms with Gasteiger partial charge in [0.1, 0.15) is 0 Å². The summed E-state index contributed by atoms with van der Waals surface area (Å²) in [5.74, 6) is 1.33. The lowest BCUT2D eigenvalue weighted by molar-refractivity contribution is -0.122. The molecule has 1 N–H and O–H groups in total. The Labute approximate surface area is 191 Å². The summed E-state index contributed by atoms with van der Waals surface area (Å²) < 4.78 is 18.5. The Kier molecular flexibility index (Phi) is 5.34. The number of nitrogens with one attached hydrogen (secondary N) is 1. The number of rotatable bonds is 6. The van der Waals surface area contributed by atoms with Crippen LogP contribution in [0, 0.1) is 6.92 Å². The van der Waals surface area contributed by atoms with E-state index in [1.54, 1.807) is 25.1 Å². The van der Waals surface area contributed by atoms with Crippen molar-refractivity contribution in [2.75, 3.05) is 12.1 Å². The number of pyridine rings is 1. The van der Waals surface area contributed by atoms with E-state index in [1.165, 1.54) is 0 Å². The van der Waals surface area contributed by atoms with Gasteiger partial charge in [0.25, 0.3) is 5.91 Å². The van der Waals surface area contributed by atoms with Gasteiger partial charge in [-0.1, -0.05) is 30.3 Å². The molecule has 1 amide bonds. The first-order valence-electron chi connectivity index (χ1n) is 10.8. The van der Waals surface area contributed by atoms with Crippen molar-refractivity contribution in [3.63, 3.8) is 0 Å². The normalized spacial score (nSPS) is 13.2. The third kappa shape index (κ3) is 3.95. The van der Waals surface area contributed by atoms with Crippen LogP contribution in [0.15, 0.2) is 54.6 Å². The van der Waals surface area contributed by atoms with Gasteiger partial charge in [0.2, 0.25) is 12.7 Å². The molecule has 1 atom stereocenters. The molecule has 8 heteroatoms. The van der Waals surface area contributed by atoms with Crippen LogP contribution in [0.4, 0.5) is 5.69 Å². The number of aromatic nitrogens is 3. The van der Waals surface area contributed by atoms with Crippen molar-refractivity contribution in [1.82, 2.24) is 14.8 Å². The molecule has 0 fully saturated rings. The third-order valence-electron chi connectivity index (χ3n) is 5.55. The first kappa shape index (κ1) is 20.8. The van der Waals surface area contributed by atoms with Crippen LogP contribution in [-0.4, -0.2) is 33.6 Å². The fourth-order valence-electron chi connectivity index (χ4n) is 3.91. The average molecular weight is 444 g/mol. The fraction of sp³-hybridized carbons (Fsp3) is 0.240. The van der Waals surface area contributed by atoms with Gasteiger partial charge >= 0.3 is 0 Å². The van der Waals surface area contributed by atoms with Gasteiger partial charge in [0, 0.05) is 24.4 Å². The van der Waals surface area contributed by atoms with Crippen LogP contribution in [0.1, 0.15) is 19.5 Å². The van der Waals surface area contributed by atoms with Crippen molar-refractivity contribution in [3.8, 4) is 28.5 Å². The van der Waals surface area contributed by atoms with Crippen molar-refractivity contribution >= 4 is 22.6 Å². The average Bonchev–Trinajstić information content (AvgIpc) is 3.42. The molecule has 1 aliphatic rings. The second kappa shape index (κ2) is 8.46. The maximum Gasteiger partial charge on any atom is 0.265 e. The topological polar surface area (TPSA) is 87.5 Å². The standard InChI is InChI=1S/C25H24N4O4/c1-4-29-24-23(15(2)28-29)19(17-8-6-5-7-9-17)13-22(27-24)33-16(3)25(30)26-18-10-11-20-21(12-18)32-14-31-20/h5-13,16H,4,14H2,1-3H3,(H,26,30). The number of hydrogen-bond donors (Lipinski definition) is 1. The van der Waals surface area contributed by atoms with Crippen LogP contribution in [-0.2, 0) is 11.3 Å². The Balaban J connectivity index is 1.44. The third-order valence-corrected chi connectivity index (χ3v) is 5.55. The van der Waals surface area contributed by atoms with E-state index in [-0.39, 0.29) is 12.7 Å². The van der Waals surface area contributed by atoms with Crippen molar-refractivity contribution in [2.24, 2.45) is 0 Å². The zero-order valence-corrected chi connectivity index (χ0v) is 18.7. The number of aryl methyl sites for hydroxylation is 2. The number of nitrogens with zero attached hydrogens (tertiary/aromatic N) is 3. The summed E-state index contributed by atoms with van der Waals surface area (Å²) in [5.41, 5.74) is 4.24. The van der Waals surface area contributed by atoms with Crippen molar-refractivity contribution < 1.29 is 19.0 Å². The molecule has 1 unspecified atom stereocenters. The predicted molar refractivity (Wildman–Crippen MR) is 125 cm³/mol. The van der Waals surface area contributed by atoms with E-state index in [2.05, 4.69) is 10.4 Å². The monoisotopic (exact) mass is 444 g/mol. The molecule has 0 saturated carbocycles. The highest BCUT2D eigenvalue weighted by Crippen LogP contribution is 2.35. The molecular formula is C25H24N4O4. The Morgan fingerprint density at radius 2 is 1.94 bits per heavy atom. The first-order valence-corrected chi connectivity index (χ1v) is 10.8. The molecule has 4 aromatic rings. The molecule has 0 aliphatic carbocycles. The number of anilines is 1. The lowest BCUT2D eigenvalue weighted by atomic mass is 10.0. The van der Waals surface area contributed by atoms with Crippen molar-refractivity contribution in [1.29, 1.82) is 0 Å². The highest BCUT2D eigenvalue weighted by Gasteiger charge is 2.21. The molecule has 168 valence electrons. The predicted octanol–water partition coefficient (Wildman–Crippen LogP) is 4.56. The minimum absolute atomic E-state index is 0.179. The van der Waals surface area contributed by atoms with E-state index < -0.39 is 6.10 Å². The zero-order valence-electron chi connectivity index (χ0n) is 18.7. The molecule has 33 heavy (non-hydrogen) atoms. The lowest BCUT2D eigenvalue weighted by Crippen LogP contribution is -2.30. The second-order valence-electron chi connectivity index (χ2n) is 7.79. The van der Waals surface area contributed by atoms with Crippen LogP contribution < -0.4 is 19.5 Å². The van der Waals surface area contributed by atoms with E-state index in [0.29, 0.717) is 29.6 Å². The molecule has 0 radical (unpaired) electrons. The van der Waals surface area contributed by atoms with Crippen LogP contribution in [0.25, 0.3) is 22.2 Å². The Morgan fingerprint density at radius 3 is 2.73 bits per heavy atom. The molecule has 2 aromatic heterocycles.